The zero-order valence-electron chi connectivity index (χ0n) is 10.5. The maximum absolute atomic E-state index is 12.2. The Morgan fingerprint density at radius 2 is 2.16 bits per heavy atom. The molecule has 0 radical (unpaired) electrons. The molecule has 0 aliphatic heterocycles. The van der Waals surface area contributed by atoms with Gasteiger partial charge in [0.1, 0.15) is 11.6 Å². The van der Waals surface area contributed by atoms with Crippen LogP contribution in [0.2, 0.25) is 0 Å². The first-order chi connectivity index (χ1) is 9.20. The standard InChI is InChI=1S/C13H15N3O2S/c17-10-5-6-3-8(10)9(4-6)12(18)15-13-14-11(16-19-13)7-1-2-7/h6-9H,1-5H2,(H,14,15,16,18)/t6-,8+,9?/m0/s1. The monoisotopic (exact) mass is 277 g/mol. The number of nitrogens with zero attached hydrogens (tertiary/aromatic N) is 2. The number of aromatic nitrogens is 2. The number of anilines is 1. The molecule has 19 heavy (non-hydrogen) atoms. The summed E-state index contributed by atoms with van der Waals surface area (Å²) in [5.41, 5.74) is 0. The maximum atomic E-state index is 12.2. The van der Waals surface area contributed by atoms with Gasteiger partial charge >= 0.3 is 0 Å². The zero-order valence-corrected chi connectivity index (χ0v) is 11.3. The fourth-order valence-electron chi connectivity index (χ4n) is 3.38. The topological polar surface area (TPSA) is 72.0 Å². The van der Waals surface area contributed by atoms with Gasteiger partial charge < -0.3 is 5.32 Å². The Morgan fingerprint density at radius 3 is 2.84 bits per heavy atom. The molecule has 100 valence electrons. The third-order valence-electron chi connectivity index (χ3n) is 4.51. The van der Waals surface area contributed by atoms with Crippen LogP contribution in [0.4, 0.5) is 5.13 Å². The Kier molecular flexibility index (Phi) is 2.48. The van der Waals surface area contributed by atoms with Gasteiger partial charge in [0.05, 0.1) is 0 Å². The molecule has 2 bridgehead atoms. The minimum Gasteiger partial charge on any atom is -0.300 e. The molecule has 0 spiro atoms. The average molecular weight is 277 g/mol. The van der Waals surface area contributed by atoms with Gasteiger partial charge in [-0.25, -0.2) is 4.98 Å². The minimum atomic E-state index is -0.139. The van der Waals surface area contributed by atoms with Gasteiger partial charge in [-0.3, -0.25) is 9.59 Å². The molecule has 1 heterocycles. The molecule has 0 saturated heterocycles. The number of nitrogens with one attached hydrogen (secondary N) is 1. The van der Waals surface area contributed by atoms with Crippen molar-refractivity contribution in [3.63, 3.8) is 0 Å². The van der Waals surface area contributed by atoms with Gasteiger partial charge in [0.15, 0.2) is 0 Å². The van der Waals surface area contributed by atoms with Crippen molar-refractivity contribution in [1.29, 1.82) is 0 Å². The number of Topliss-reactive ketones (excluding diaryl/α,β-unsaturated/α-hetero) is 1. The highest BCUT2D eigenvalue weighted by molar-refractivity contribution is 7.09. The first-order valence-corrected chi connectivity index (χ1v) is 7.65. The Balaban J connectivity index is 1.44. The number of hydrogen-bond donors (Lipinski definition) is 1. The molecule has 3 aliphatic rings. The van der Waals surface area contributed by atoms with E-state index in [2.05, 4.69) is 14.7 Å². The molecule has 3 saturated carbocycles. The van der Waals surface area contributed by atoms with Crippen molar-refractivity contribution in [2.75, 3.05) is 5.32 Å². The van der Waals surface area contributed by atoms with Crippen LogP contribution >= 0.6 is 11.5 Å². The fraction of sp³-hybridized carbons (Fsp3) is 0.692. The van der Waals surface area contributed by atoms with Crippen LogP contribution in [-0.2, 0) is 9.59 Å². The molecule has 4 rings (SSSR count). The Hall–Kier alpha value is -1.30. The lowest BCUT2D eigenvalue weighted by Crippen LogP contribution is -2.31. The van der Waals surface area contributed by atoms with E-state index < -0.39 is 0 Å². The predicted octanol–water partition coefficient (Wildman–Crippen LogP) is 1.97. The quantitative estimate of drug-likeness (QED) is 0.916. The van der Waals surface area contributed by atoms with Crippen molar-refractivity contribution in [3.05, 3.63) is 5.82 Å². The summed E-state index contributed by atoms with van der Waals surface area (Å²) in [6.45, 7) is 0. The molecule has 3 fully saturated rings. The van der Waals surface area contributed by atoms with Gasteiger partial charge in [0.2, 0.25) is 11.0 Å². The van der Waals surface area contributed by atoms with E-state index in [0.29, 0.717) is 23.4 Å². The van der Waals surface area contributed by atoms with Crippen molar-refractivity contribution in [2.24, 2.45) is 17.8 Å². The lowest BCUT2D eigenvalue weighted by molar-refractivity contribution is -0.130. The van der Waals surface area contributed by atoms with E-state index in [-0.39, 0.29) is 23.5 Å². The maximum Gasteiger partial charge on any atom is 0.230 e. The molecule has 3 atom stereocenters. The zero-order chi connectivity index (χ0) is 13.0. The summed E-state index contributed by atoms with van der Waals surface area (Å²) >= 11 is 1.25. The van der Waals surface area contributed by atoms with Gasteiger partial charge in [-0.1, -0.05) is 0 Å². The molecule has 6 heteroatoms. The average Bonchev–Trinajstić information content (AvgIpc) is 2.83. The first-order valence-electron chi connectivity index (χ1n) is 6.88. The Labute approximate surface area is 115 Å². The summed E-state index contributed by atoms with van der Waals surface area (Å²) < 4.78 is 4.27. The lowest BCUT2D eigenvalue weighted by Gasteiger charge is -2.18. The molecule has 1 aromatic rings. The highest BCUT2D eigenvalue weighted by atomic mass is 32.1. The third kappa shape index (κ3) is 1.98. The van der Waals surface area contributed by atoms with E-state index in [0.717, 1.165) is 31.5 Å². The Bertz CT molecular complexity index is 552. The molecule has 5 nitrogen and oxygen atoms in total. The summed E-state index contributed by atoms with van der Waals surface area (Å²) in [5, 5.41) is 3.43. The highest BCUT2D eigenvalue weighted by Crippen LogP contribution is 2.46. The number of carbonyl (C=O) groups excluding carboxylic acids is 2. The van der Waals surface area contributed by atoms with Crippen LogP contribution < -0.4 is 5.32 Å². The minimum absolute atomic E-state index is 0.0409. The lowest BCUT2D eigenvalue weighted by atomic mass is 9.87. The van der Waals surface area contributed by atoms with Gasteiger partial charge in [-0.2, -0.15) is 4.37 Å². The summed E-state index contributed by atoms with van der Waals surface area (Å²) in [4.78, 5) is 28.3. The van der Waals surface area contributed by atoms with Crippen LogP contribution in [0.15, 0.2) is 0 Å². The van der Waals surface area contributed by atoms with E-state index in [1.807, 2.05) is 0 Å². The molecule has 1 aromatic heterocycles. The smallest absolute Gasteiger partial charge is 0.230 e. The number of rotatable bonds is 3. The molecule has 1 unspecified atom stereocenters. The second-order valence-electron chi connectivity index (χ2n) is 5.94. The van der Waals surface area contributed by atoms with Crippen LogP contribution in [0.1, 0.15) is 43.8 Å². The van der Waals surface area contributed by atoms with Crippen LogP contribution in [0.5, 0.6) is 0 Å². The number of carbonyl (C=O) groups is 2. The van der Waals surface area contributed by atoms with E-state index >= 15 is 0 Å². The predicted molar refractivity (Wildman–Crippen MR) is 69.8 cm³/mol. The number of ketones is 1. The van der Waals surface area contributed by atoms with Crippen LogP contribution in [-0.4, -0.2) is 21.0 Å². The summed E-state index contributed by atoms with van der Waals surface area (Å²) in [6.07, 6.45) is 4.76. The third-order valence-corrected chi connectivity index (χ3v) is 5.16. The van der Waals surface area contributed by atoms with Crippen LogP contribution in [0.3, 0.4) is 0 Å². The molecule has 3 aliphatic carbocycles. The molecule has 1 amide bonds. The van der Waals surface area contributed by atoms with Gasteiger partial charge in [-0.15, -0.1) is 0 Å². The van der Waals surface area contributed by atoms with Crippen molar-refractivity contribution in [2.45, 2.75) is 38.0 Å². The fourth-order valence-corrected chi connectivity index (χ4v) is 4.03. The summed E-state index contributed by atoms with van der Waals surface area (Å²) in [7, 11) is 0. The van der Waals surface area contributed by atoms with Crippen LogP contribution in [0, 0.1) is 17.8 Å². The van der Waals surface area contributed by atoms with Gasteiger partial charge in [0, 0.05) is 35.7 Å². The largest absolute Gasteiger partial charge is 0.300 e. The highest BCUT2D eigenvalue weighted by Gasteiger charge is 2.48. The number of hydrogen-bond acceptors (Lipinski definition) is 5. The van der Waals surface area contributed by atoms with E-state index in [1.54, 1.807) is 0 Å². The van der Waals surface area contributed by atoms with Crippen molar-refractivity contribution >= 4 is 28.4 Å². The second-order valence-corrected chi connectivity index (χ2v) is 6.69. The number of fused-ring (bicyclic) bond motifs is 2. The van der Waals surface area contributed by atoms with Crippen molar-refractivity contribution < 1.29 is 9.59 Å². The van der Waals surface area contributed by atoms with E-state index in [9.17, 15) is 9.59 Å². The second kappa shape index (κ2) is 4.10. The molecular weight excluding hydrogens is 262 g/mol. The van der Waals surface area contributed by atoms with Gasteiger partial charge in [0.25, 0.3) is 0 Å². The van der Waals surface area contributed by atoms with E-state index in [1.165, 1.54) is 11.5 Å². The summed E-state index contributed by atoms with van der Waals surface area (Å²) in [5.74, 6) is 1.85. The first kappa shape index (κ1) is 11.5. The number of amides is 1. The molecule has 1 N–H and O–H groups in total. The molecule has 0 aromatic carbocycles. The van der Waals surface area contributed by atoms with Crippen LogP contribution in [0.25, 0.3) is 0 Å². The van der Waals surface area contributed by atoms with Gasteiger partial charge in [-0.05, 0) is 31.6 Å². The van der Waals surface area contributed by atoms with Crippen molar-refractivity contribution in [1.82, 2.24) is 9.36 Å². The summed E-state index contributed by atoms with van der Waals surface area (Å²) in [6, 6.07) is 0. The Morgan fingerprint density at radius 1 is 1.32 bits per heavy atom. The van der Waals surface area contributed by atoms with Crippen molar-refractivity contribution in [3.8, 4) is 0 Å². The molecular formula is C13H15N3O2S. The van der Waals surface area contributed by atoms with E-state index in [4.69, 9.17) is 0 Å². The normalized spacial score (nSPS) is 32.8. The SMILES string of the molecule is O=C(Nc1nc(C2CC2)ns1)C1C[C@H]2CC(=O)[C@@H]1C2.